The Balaban J connectivity index is 1.55. The molecule has 0 bridgehead atoms. The van der Waals surface area contributed by atoms with Gasteiger partial charge >= 0.3 is 0 Å². The zero-order valence-electron chi connectivity index (χ0n) is 16.1. The molecule has 3 aromatic rings. The zero-order chi connectivity index (χ0) is 21.3. The Morgan fingerprint density at radius 1 is 1.13 bits per heavy atom. The summed E-state index contributed by atoms with van der Waals surface area (Å²) in [5.74, 6) is -2.03. The summed E-state index contributed by atoms with van der Waals surface area (Å²) in [5.41, 5.74) is 0.925. The third kappa shape index (κ3) is 4.59. The molecule has 154 valence electrons. The Labute approximate surface area is 176 Å². The number of benzene rings is 2. The van der Waals surface area contributed by atoms with Crippen LogP contribution in [0.25, 0.3) is 10.9 Å². The maximum atomic E-state index is 13.8. The van der Waals surface area contributed by atoms with Crippen molar-refractivity contribution in [2.75, 3.05) is 5.32 Å². The molecule has 30 heavy (non-hydrogen) atoms. The molecular weight excluding hydrogens is 408 g/mol. The smallest absolute Gasteiger partial charge is 0.252 e. The quantitative estimate of drug-likeness (QED) is 0.568. The molecule has 0 radical (unpaired) electrons. The van der Waals surface area contributed by atoms with E-state index in [1.165, 1.54) is 0 Å². The lowest BCUT2D eigenvalue weighted by Crippen LogP contribution is -2.26. The van der Waals surface area contributed by atoms with Crippen LogP contribution in [0, 0.1) is 11.6 Å². The molecule has 5 nitrogen and oxygen atoms in total. The summed E-state index contributed by atoms with van der Waals surface area (Å²) >= 11 is 1.14. The van der Waals surface area contributed by atoms with Gasteiger partial charge in [-0.05, 0) is 44.0 Å². The number of para-hydroxylation sites is 1. The van der Waals surface area contributed by atoms with Crippen molar-refractivity contribution in [3.63, 3.8) is 0 Å². The summed E-state index contributed by atoms with van der Waals surface area (Å²) in [5, 5.41) is 5.96. The molecule has 1 fully saturated rings. The van der Waals surface area contributed by atoms with Crippen molar-refractivity contribution in [1.29, 1.82) is 0 Å². The molecule has 0 aliphatic heterocycles. The van der Waals surface area contributed by atoms with Crippen LogP contribution < -0.4 is 10.6 Å². The highest BCUT2D eigenvalue weighted by Crippen LogP contribution is 2.29. The van der Waals surface area contributed by atoms with E-state index in [9.17, 15) is 18.4 Å². The minimum absolute atomic E-state index is 0.170. The fourth-order valence-electron chi connectivity index (χ4n) is 2.95. The minimum atomic E-state index is -0.718. The van der Waals surface area contributed by atoms with E-state index >= 15 is 0 Å². The fraction of sp³-hybridized carbons (Fsp3) is 0.227. The number of carbonyl (C=O) groups excluding carboxylic acids is 2. The number of rotatable bonds is 6. The Morgan fingerprint density at radius 2 is 1.90 bits per heavy atom. The zero-order valence-corrected chi connectivity index (χ0v) is 16.9. The first-order valence-corrected chi connectivity index (χ1v) is 10.4. The normalized spacial score (nSPS) is 14.4. The summed E-state index contributed by atoms with van der Waals surface area (Å²) in [6.45, 7) is 1.64. The Hall–Kier alpha value is -3.00. The van der Waals surface area contributed by atoms with Gasteiger partial charge in [0.05, 0.1) is 27.0 Å². The first kappa shape index (κ1) is 20.3. The van der Waals surface area contributed by atoms with E-state index in [1.807, 2.05) is 18.2 Å². The van der Waals surface area contributed by atoms with Crippen LogP contribution in [0.15, 0.2) is 53.6 Å². The van der Waals surface area contributed by atoms with Crippen molar-refractivity contribution in [3.05, 3.63) is 65.7 Å². The molecule has 1 atom stereocenters. The lowest BCUT2D eigenvalue weighted by atomic mass is 10.1. The van der Waals surface area contributed by atoms with Crippen molar-refractivity contribution in [3.8, 4) is 0 Å². The number of hydrogen-bond acceptors (Lipinski definition) is 4. The van der Waals surface area contributed by atoms with Crippen LogP contribution >= 0.6 is 11.8 Å². The Bertz CT molecular complexity index is 1130. The van der Waals surface area contributed by atoms with Gasteiger partial charge in [0.2, 0.25) is 5.91 Å². The van der Waals surface area contributed by atoms with Crippen LogP contribution in [-0.2, 0) is 4.79 Å². The van der Waals surface area contributed by atoms with Gasteiger partial charge in [0.1, 0.15) is 11.6 Å². The van der Waals surface area contributed by atoms with Gasteiger partial charge in [-0.1, -0.05) is 30.0 Å². The maximum absolute atomic E-state index is 13.8. The summed E-state index contributed by atoms with van der Waals surface area (Å²) in [4.78, 5) is 29.7. The van der Waals surface area contributed by atoms with Crippen LogP contribution in [0.3, 0.4) is 0 Å². The molecule has 1 heterocycles. The minimum Gasteiger partial charge on any atom is -0.349 e. The van der Waals surface area contributed by atoms with E-state index in [-0.39, 0.29) is 17.6 Å². The molecule has 0 spiro atoms. The Kier molecular flexibility index (Phi) is 5.67. The second-order valence-corrected chi connectivity index (χ2v) is 8.51. The van der Waals surface area contributed by atoms with Gasteiger partial charge < -0.3 is 10.6 Å². The van der Waals surface area contributed by atoms with E-state index in [0.717, 1.165) is 48.2 Å². The number of pyridine rings is 1. The number of anilines is 1. The highest BCUT2D eigenvalue weighted by Gasteiger charge is 2.25. The molecule has 2 amide bonds. The average molecular weight is 427 g/mol. The van der Waals surface area contributed by atoms with Gasteiger partial charge in [-0.3, -0.25) is 9.59 Å². The summed E-state index contributed by atoms with van der Waals surface area (Å²) in [6, 6.07) is 12.1. The molecule has 0 saturated heterocycles. The van der Waals surface area contributed by atoms with Gasteiger partial charge in [0.25, 0.3) is 5.91 Å². The number of thioether (sulfide) groups is 1. The maximum Gasteiger partial charge on any atom is 0.252 e. The van der Waals surface area contributed by atoms with E-state index in [4.69, 9.17) is 0 Å². The van der Waals surface area contributed by atoms with Gasteiger partial charge in [0.15, 0.2) is 0 Å². The lowest BCUT2D eigenvalue weighted by Gasteiger charge is -2.14. The first-order chi connectivity index (χ1) is 14.4. The third-order valence-corrected chi connectivity index (χ3v) is 5.72. The van der Waals surface area contributed by atoms with Crippen LogP contribution in [0.5, 0.6) is 0 Å². The monoisotopic (exact) mass is 427 g/mol. The standard InChI is InChI=1S/C22H19F2N3O2S/c1-12(21(28)27-19-10-13(23)6-9-17(19)24)30-20-11-16(22(29)25-14-7-8-14)15-4-2-3-5-18(15)26-20/h2-6,9-12,14H,7-8H2,1H3,(H,25,29)(H,27,28). The second-order valence-electron chi connectivity index (χ2n) is 7.15. The topological polar surface area (TPSA) is 71.1 Å². The number of aromatic nitrogens is 1. The van der Waals surface area contributed by atoms with E-state index < -0.39 is 22.8 Å². The number of carbonyl (C=O) groups is 2. The number of nitrogens with zero attached hydrogens (tertiary/aromatic N) is 1. The number of amides is 2. The number of fused-ring (bicyclic) bond motifs is 1. The highest BCUT2D eigenvalue weighted by molar-refractivity contribution is 8.00. The molecule has 2 aromatic carbocycles. The van der Waals surface area contributed by atoms with Gasteiger partial charge in [-0.25, -0.2) is 13.8 Å². The SMILES string of the molecule is CC(Sc1cc(C(=O)NC2CC2)c2ccccc2n1)C(=O)Nc1cc(F)ccc1F. The predicted molar refractivity (Wildman–Crippen MR) is 113 cm³/mol. The molecule has 1 aliphatic rings. The van der Waals surface area contributed by atoms with Crippen LogP contribution in [0.4, 0.5) is 14.5 Å². The summed E-state index contributed by atoms with van der Waals surface area (Å²) in [6.07, 6.45) is 1.95. The van der Waals surface area contributed by atoms with Gasteiger partial charge in [0, 0.05) is 17.5 Å². The fourth-order valence-corrected chi connectivity index (χ4v) is 3.82. The van der Waals surface area contributed by atoms with Crippen molar-refractivity contribution in [2.45, 2.75) is 36.1 Å². The molecule has 4 rings (SSSR count). The molecule has 1 unspecified atom stereocenters. The number of halogens is 2. The predicted octanol–water partition coefficient (Wildman–Crippen LogP) is 4.52. The van der Waals surface area contributed by atoms with Crippen molar-refractivity contribution in [1.82, 2.24) is 10.3 Å². The van der Waals surface area contributed by atoms with E-state index in [1.54, 1.807) is 19.1 Å². The summed E-state index contributed by atoms with van der Waals surface area (Å²) in [7, 11) is 0. The molecule has 8 heteroatoms. The molecule has 1 aliphatic carbocycles. The van der Waals surface area contributed by atoms with Gasteiger partial charge in [-0.2, -0.15) is 0 Å². The van der Waals surface area contributed by atoms with Crippen LogP contribution in [0.1, 0.15) is 30.1 Å². The first-order valence-electron chi connectivity index (χ1n) is 9.54. The van der Waals surface area contributed by atoms with E-state index in [0.29, 0.717) is 16.1 Å². The molecule has 1 saturated carbocycles. The second kappa shape index (κ2) is 8.39. The van der Waals surface area contributed by atoms with Gasteiger partial charge in [-0.15, -0.1) is 0 Å². The lowest BCUT2D eigenvalue weighted by molar-refractivity contribution is -0.115. The van der Waals surface area contributed by atoms with Crippen LogP contribution in [0.2, 0.25) is 0 Å². The largest absolute Gasteiger partial charge is 0.349 e. The molecule has 2 N–H and O–H groups in total. The van der Waals surface area contributed by atoms with Crippen LogP contribution in [-0.4, -0.2) is 28.1 Å². The van der Waals surface area contributed by atoms with Crippen molar-refractivity contribution in [2.24, 2.45) is 0 Å². The highest BCUT2D eigenvalue weighted by atomic mass is 32.2. The van der Waals surface area contributed by atoms with Crippen molar-refractivity contribution >= 4 is 40.2 Å². The van der Waals surface area contributed by atoms with Crippen molar-refractivity contribution < 1.29 is 18.4 Å². The average Bonchev–Trinajstić information content (AvgIpc) is 3.54. The number of hydrogen-bond donors (Lipinski definition) is 2. The summed E-state index contributed by atoms with van der Waals surface area (Å²) < 4.78 is 27.1. The van der Waals surface area contributed by atoms with E-state index in [2.05, 4.69) is 15.6 Å². The molecule has 1 aromatic heterocycles. The Morgan fingerprint density at radius 3 is 2.67 bits per heavy atom. The third-order valence-electron chi connectivity index (χ3n) is 4.70. The molecular formula is C22H19F2N3O2S. The number of nitrogens with one attached hydrogen (secondary N) is 2.